The SMILES string of the molecule is COB(Cc1ccccc1)C(CC(C)CC(C)=O)C(C)(C)C. The Labute approximate surface area is 136 Å². The van der Waals surface area contributed by atoms with Gasteiger partial charge in [0.05, 0.1) is 0 Å². The highest BCUT2D eigenvalue weighted by Crippen LogP contribution is 2.40. The molecule has 0 aliphatic carbocycles. The van der Waals surface area contributed by atoms with Gasteiger partial charge in [-0.2, -0.15) is 0 Å². The highest BCUT2D eigenvalue weighted by atomic mass is 16.4. The molecule has 1 rings (SSSR count). The fourth-order valence-corrected chi connectivity index (χ4v) is 3.31. The van der Waals surface area contributed by atoms with Gasteiger partial charge in [-0.25, -0.2) is 0 Å². The van der Waals surface area contributed by atoms with Crippen molar-refractivity contribution in [3.63, 3.8) is 0 Å². The maximum Gasteiger partial charge on any atom is 0.300 e. The summed E-state index contributed by atoms with van der Waals surface area (Å²) in [5.41, 5.74) is 1.46. The second kappa shape index (κ2) is 8.52. The Morgan fingerprint density at radius 1 is 1.23 bits per heavy atom. The highest BCUT2D eigenvalue weighted by molar-refractivity contribution is 6.53. The van der Waals surface area contributed by atoms with E-state index in [1.807, 2.05) is 13.2 Å². The van der Waals surface area contributed by atoms with Crippen LogP contribution in [-0.2, 0) is 15.8 Å². The van der Waals surface area contributed by atoms with E-state index in [0.717, 1.165) is 12.7 Å². The summed E-state index contributed by atoms with van der Waals surface area (Å²) < 4.78 is 5.86. The van der Waals surface area contributed by atoms with Crippen molar-refractivity contribution in [2.75, 3.05) is 7.11 Å². The molecule has 0 heterocycles. The summed E-state index contributed by atoms with van der Waals surface area (Å²) in [6.45, 7) is 10.9. The Hall–Kier alpha value is -1.09. The third-order valence-corrected chi connectivity index (χ3v) is 4.44. The molecule has 0 bridgehead atoms. The van der Waals surface area contributed by atoms with Crippen LogP contribution in [0.15, 0.2) is 30.3 Å². The summed E-state index contributed by atoms with van der Waals surface area (Å²) in [5, 5.41) is 0. The van der Waals surface area contributed by atoms with Gasteiger partial charge in [0.25, 0.3) is 0 Å². The molecule has 1 aromatic carbocycles. The first-order valence-electron chi connectivity index (χ1n) is 8.30. The molecule has 0 spiro atoms. The largest absolute Gasteiger partial charge is 0.438 e. The smallest absolute Gasteiger partial charge is 0.300 e. The van der Waals surface area contributed by atoms with Gasteiger partial charge in [0.15, 0.2) is 0 Å². The molecular weight excluding hydrogens is 271 g/mol. The average molecular weight is 302 g/mol. The van der Waals surface area contributed by atoms with Crippen LogP contribution < -0.4 is 0 Å². The molecule has 22 heavy (non-hydrogen) atoms. The topological polar surface area (TPSA) is 26.3 Å². The molecule has 0 fully saturated rings. The lowest BCUT2D eigenvalue weighted by molar-refractivity contribution is -0.117. The van der Waals surface area contributed by atoms with Crippen LogP contribution in [0.5, 0.6) is 0 Å². The van der Waals surface area contributed by atoms with E-state index in [1.54, 1.807) is 6.92 Å². The molecule has 0 saturated heterocycles. The van der Waals surface area contributed by atoms with Crippen molar-refractivity contribution in [1.29, 1.82) is 0 Å². The fourth-order valence-electron chi connectivity index (χ4n) is 3.31. The van der Waals surface area contributed by atoms with Crippen LogP contribution in [0.1, 0.15) is 53.0 Å². The van der Waals surface area contributed by atoms with E-state index >= 15 is 0 Å². The number of Topliss-reactive ketones (excluding diaryl/α,β-unsaturated/α-hetero) is 1. The zero-order valence-corrected chi connectivity index (χ0v) is 15.1. The van der Waals surface area contributed by atoms with Gasteiger partial charge in [-0.1, -0.05) is 70.0 Å². The van der Waals surface area contributed by atoms with Crippen molar-refractivity contribution in [1.82, 2.24) is 0 Å². The molecule has 0 N–H and O–H groups in total. The normalized spacial score (nSPS) is 14.5. The van der Waals surface area contributed by atoms with Crippen LogP contribution >= 0.6 is 0 Å². The second-order valence-corrected chi connectivity index (χ2v) is 7.68. The van der Waals surface area contributed by atoms with Crippen molar-refractivity contribution in [3.05, 3.63) is 35.9 Å². The first-order chi connectivity index (χ1) is 10.2. The van der Waals surface area contributed by atoms with Gasteiger partial charge < -0.3 is 9.45 Å². The summed E-state index contributed by atoms with van der Waals surface area (Å²) in [4.78, 5) is 11.4. The van der Waals surface area contributed by atoms with Crippen molar-refractivity contribution >= 4 is 12.7 Å². The molecule has 2 unspecified atom stereocenters. The minimum Gasteiger partial charge on any atom is -0.438 e. The number of carbonyl (C=O) groups is 1. The molecule has 3 heteroatoms. The summed E-state index contributed by atoms with van der Waals surface area (Å²) in [6, 6.07) is 10.5. The van der Waals surface area contributed by atoms with Crippen molar-refractivity contribution in [2.45, 2.75) is 59.6 Å². The summed E-state index contributed by atoms with van der Waals surface area (Å²) in [7, 11) is 1.81. The van der Waals surface area contributed by atoms with Gasteiger partial charge in [0.2, 0.25) is 0 Å². The van der Waals surface area contributed by atoms with Crippen LogP contribution in [0.2, 0.25) is 5.82 Å². The Bertz CT molecular complexity index is 450. The maximum absolute atomic E-state index is 11.4. The molecule has 1 aromatic rings. The zero-order valence-electron chi connectivity index (χ0n) is 15.1. The predicted molar refractivity (Wildman–Crippen MR) is 95.2 cm³/mol. The van der Waals surface area contributed by atoms with Gasteiger partial charge in [-0.3, -0.25) is 0 Å². The summed E-state index contributed by atoms with van der Waals surface area (Å²) in [5.74, 6) is 1.10. The van der Waals surface area contributed by atoms with Crippen LogP contribution in [0.25, 0.3) is 0 Å². The molecule has 2 nitrogen and oxygen atoms in total. The first kappa shape index (κ1) is 19.0. The van der Waals surface area contributed by atoms with Crippen LogP contribution in [0, 0.1) is 11.3 Å². The van der Waals surface area contributed by atoms with Crippen molar-refractivity contribution in [3.8, 4) is 0 Å². The Kier molecular flexibility index (Phi) is 7.35. The third kappa shape index (κ3) is 6.35. The van der Waals surface area contributed by atoms with E-state index in [2.05, 4.69) is 52.0 Å². The van der Waals surface area contributed by atoms with Gasteiger partial charge in [-0.05, 0) is 30.4 Å². The van der Waals surface area contributed by atoms with E-state index < -0.39 is 0 Å². The number of rotatable bonds is 8. The van der Waals surface area contributed by atoms with Crippen LogP contribution in [-0.4, -0.2) is 19.8 Å². The maximum atomic E-state index is 11.4. The third-order valence-electron chi connectivity index (χ3n) is 4.44. The number of benzene rings is 1. The Morgan fingerprint density at radius 2 is 1.82 bits per heavy atom. The minimum atomic E-state index is 0.153. The second-order valence-electron chi connectivity index (χ2n) is 7.68. The first-order valence-corrected chi connectivity index (χ1v) is 8.30. The fraction of sp³-hybridized carbons (Fsp3) is 0.632. The van der Waals surface area contributed by atoms with E-state index in [0.29, 0.717) is 18.2 Å². The standard InChI is InChI=1S/C19H31BO2/c1-15(12-16(2)21)13-18(19(3,4)5)20(22-6)14-17-10-8-7-9-11-17/h7-11,15,18H,12-14H2,1-6H3. The van der Waals surface area contributed by atoms with Crippen molar-refractivity contribution in [2.24, 2.45) is 11.3 Å². The molecule has 122 valence electrons. The molecule has 2 atom stereocenters. The number of ketones is 1. The van der Waals surface area contributed by atoms with Crippen molar-refractivity contribution < 1.29 is 9.45 Å². The van der Waals surface area contributed by atoms with Gasteiger partial charge in [0.1, 0.15) is 5.78 Å². The Balaban J connectivity index is 2.86. The van der Waals surface area contributed by atoms with E-state index in [4.69, 9.17) is 4.65 Å². The van der Waals surface area contributed by atoms with Gasteiger partial charge >= 0.3 is 6.92 Å². The van der Waals surface area contributed by atoms with E-state index in [9.17, 15) is 4.79 Å². The van der Waals surface area contributed by atoms with E-state index in [-0.39, 0.29) is 18.1 Å². The molecule has 0 saturated carbocycles. The molecule has 0 radical (unpaired) electrons. The molecule has 0 aromatic heterocycles. The van der Waals surface area contributed by atoms with Crippen LogP contribution in [0.3, 0.4) is 0 Å². The number of hydrogen-bond donors (Lipinski definition) is 0. The molecule has 0 aliphatic heterocycles. The van der Waals surface area contributed by atoms with Crippen LogP contribution in [0.4, 0.5) is 0 Å². The number of hydrogen-bond acceptors (Lipinski definition) is 2. The molecule has 0 aliphatic rings. The lowest BCUT2D eigenvalue weighted by atomic mass is 9.44. The molecular formula is C19H31BO2. The number of carbonyl (C=O) groups excluding carboxylic acids is 1. The lowest BCUT2D eigenvalue weighted by Crippen LogP contribution is -2.36. The quantitative estimate of drug-likeness (QED) is 0.643. The minimum absolute atomic E-state index is 0.153. The van der Waals surface area contributed by atoms with Gasteiger partial charge in [0, 0.05) is 13.5 Å². The lowest BCUT2D eigenvalue weighted by Gasteiger charge is -2.36. The molecule has 0 amide bonds. The van der Waals surface area contributed by atoms with E-state index in [1.165, 1.54) is 5.56 Å². The summed E-state index contributed by atoms with van der Waals surface area (Å²) in [6.07, 6.45) is 2.61. The average Bonchev–Trinajstić information content (AvgIpc) is 2.42. The Morgan fingerprint density at radius 3 is 2.27 bits per heavy atom. The van der Waals surface area contributed by atoms with Gasteiger partial charge in [-0.15, -0.1) is 0 Å². The zero-order chi connectivity index (χ0) is 16.8. The summed E-state index contributed by atoms with van der Waals surface area (Å²) >= 11 is 0. The highest BCUT2D eigenvalue weighted by Gasteiger charge is 2.36. The predicted octanol–water partition coefficient (Wildman–Crippen LogP) is 4.83. The monoisotopic (exact) mass is 302 g/mol.